The van der Waals surface area contributed by atoms with Gasteiger partial charge in [-0.3, -0.25) is 4.79 Å². The highest BCUT2D eigenvalue weighted by Crippen LogP contribution is 2.33. The van der Waals surface area contributed by atoms with Gasteiger partial charge in [-0.25, -0.2) is 18.7 Å². The summed E-state index contributed by atoms with van der Waals surface area (Å²) in [5.41, 5.74) is 1.08. The van der Waals surface area contributed by atoms with Crippen molar-refractivity contribution in [3.63, 3.8) is 0 Å². The van der Waals surface area contributed by atoms with E-state index in [4.69, 9.17) is 9.47 Å². The molecule has 0 spiro atoms. The number of rotatable bonds is 5. The standard InChI is InChI=1S/C28H38FN5O5/c1-5-38-26(36)32-15-11-21(12-16-32)31-25(35)23-18-30-34(22-8-6-7-20(29)17-22)24(23)19-9-13-33(14-10-19)27(37)39-28(2,3)4/h6-8,17-19,21H,5,9-16H2,1-4H3,(H,31,35). The topological polar surface area (TPSA) is 106 Å². The third-order valence-electron chi connectivity index (χ3n) is 6.99. The summed E-state index contributed by atoms with van der Waals surface area (Å²) in [6.07, 6.45) is 3.30. The predicted octanol–water partition coefficient (Wildman–Crippen LogP) is 4.48. The summed E-state index contributed by atoms with van der Waals surface area (Å²) in [5.74, 6) is -0.717. The Morgan fingerprint density at radius 2 is 1.67 bits per heavy atom. The van der Waals surface area contributed by atoms with Gasteiger partial charge in [0.2, 0.25) is 0 Å². The molecule has 2 fully saturated rings. The van der Waals surface area contributed by atoms with Crippen molar-refractivity contribution in [3.8, 4) is 5.69 Å². The van der Waals surface area contributed by atoms with Crippen LogP contribution in [-0.2, 0) is 9.47 Å². The Bertz CT molecular complexity index is 1180. The van der Waals surface area contributed by atoms with Gasteiger partial charge in [-0.2, -0.15) is 5.10 Å². The average molecular weight is 544 g/mol. The van der Waals surface area contributed by atoms with Gasteiger partial charge in [0.15, 0.2) is 0 Å². The van der Waals surface area contributed by atoms with Crippen LogP contribution >= 0.6 is 0 Å². The molecular weight excluding hydrogens is 505 g/mol. The molecule has 2 saturated heterocycles. The number of aromatic nitrogens is 2. The number of amides is 3. The number of likely N-dealkylation sites (tertiary alicyclic amines) is 2. The van der Waals surface area contributed by atoms with Crippen LogP contribution in [0.15, 0.2) is 30.5 Å². The fourth-order valence-corrected chi connectivity index (χ4v) is 5.09. The lowest BCUT2D eigenvalue weighted by atomic mass is 9.90. The van der Waals surface area contributed by atoms with Crippen molar-refractivity contribution in [3.05, 3.63) is 47.5 Å². The van der Waals surface area contributed by atoms with Crippen LogP contribution in [0.25, 0.3) is 5.69 Å². The van der Waals surface area contributed by atoms with Gasteiger partial charge in [-0.1, -0.05) is 6.07 Å². The van der Waals surface area contributed by atoms with Crippen LogP contribution in [-0.4, -0.2) is 82.1 Å². The highest BCUT2D eigenvalue weighted by molar-refractivity contribution is 5.95. The molecule has 0 radical (unpaired) electrons. The van der Waals surface area contributed by atoms with E-state index in [2.05, 4.69) is 10.4 Å². The summed E-state index contributed by atoms with van der Waals surface area (Å²) in [7, 11) is 0. The number of carbonyl (C=O) groups excluding carboxylic acids is 3. The number of halogens is 1. The highest BCUT2D eigenvalue weighted by atomic mass is 19.1. The Kier molecular flexibility index (Phi) is 8.76. The zero-order valence-corrected chi connectivity index (χ0v) is 23.1. The zero-order chi connectivity index (χ0) is 28.2. The van der Waals surface area contributed by atoms with Gasteiger partial charge in [0, 0.05) is 38.1 Å². The van der Waals surface area contributed by atoms with Crippen molar-refractivity contribution in [1.29, 1.82) is 0 Å². The minimum atomic E-state index is -0.582. The molecule has 1 aromatic heterocycles. The van der Waals surface area contributed by atoms with Crippen LogP contribution in [0.3, 0.4) is 0 Å². The number of nitrogens with one attached hydrogen (secondary N) is 1. The van der Waals surface area contributed by atoms with Gasteiger partial charge in [-0.05, 0) is 71.6 Å². The van der Waals surface area contributed by atoms with E-state index in [1.807, 2.05) is 20.8 Å². The van der Waals surface area contributed by atoms with E-state index >= 15 is 0 Å². The third-order valence-corrected chi connectivity index (χ3v) is 6.99. The van der Waals surface area contributed by atoms with Crippen LogP contribution < -0.4 is 5.32 Å². The van der Waals surface area contributed by atoms with Crippen LogP contribution in [0.1, 0.15) is 75.3 Å². The van der Waals surface area contributed by atoms with Gasteiger partial charge in [0.25, 0.3) is 5.91 Å². The Morgan fingerprint density at radius 3 is 2.28 bits per heavy atom. The van der Waals surface area contributed by atoms with E-state index in [-0.39, 0.29) is 30.1 Å². The Hall–Kier alpha value is -3.63. The van der Waals surface area contributed by atoms with Crippen molar-refractivity contribution in [2.45, 2.75) is 70.9 Å². The van der Waals surface area contributed by atoms with E-state index in [0.29, 0.717) is 75.4 Å². The number of hydrogen-bond acceptors (Lipinski definition) is 6. The van der Waals surface area contributed by atoms with Crippen molar-refractivity contribution >= 4 is 18.1 Å². The summed E-state index contributed by atoms with van der Waals surface area (Å²) in [6.45, 7) is 9.55. The number of nitrogens with zero attached hydrogens (tertiary/aromatic N) is 4. The second-order valence-corrected chi connectivity index (χ2v) is 11.0. The average Bonchev–Trinajstić information content (AvgIpc) is 3.34. The molecule has 2 aromatic rings. The minimum Gasteiger partial charge on any atom is -0.450 e. The molecule has 39 heavy (non-hydrogen) atoms. The maximum atomic E-state index is 14.1. The van der Waals surface area contributed by atoms with E-state index in [1.165, 1.54) is 18.3 Å². The largest absolute Gasteiger partial charge is 0.450 e. The van der Waals surface area contributed by atoms with Crippen LogP contribution in [0, 0.1) is 5.82 Å². The molecule has 0 unspecified atom stereocenters. The molecule has 1 aromatic carbocycles. The molecular formula is C28H38FN5O5. The summed E-state index contributed by atoms with van der Waals surface area (Å²) in [4.78, 5) is 41.4. The molecule has 2 aliphatic rings. The molecule has 10 nitrogen and oxygen atoms in total. The lowest BCUT2D eigenvalue weighted by Crippen LogP contribution is -2.47. The molecule has 3 amide bonds. The predicted molar refractivity (Wildman–Crippen MR) is 142 cm³/mol. The molecule has 0 aliphatic carbocycles. The minimum absolute atomic E-state index is 0.0686. The third kappa shape index (κ3) is 7.07. The Labute approximate surface area is 228 Å². The number of carbonyl (C=O) groups is 3. The van der Waals surface area contributed by atoms with Gasteiger partial charge in [0.1, 0.15) is 11.4 Å². The van der Waals surface area contributed by atoms with Crippen LogP contribution in [0.2, 0.25) is 0 Å². The lowest BCUT2D eigenvalue weighted by Gasteiger charge is -2.34. The normalized spacial score (nSPS) is 17.2. The van der Waals surface area contributed by atoms with E-state index < -0.39 is 11.4 Å². The van der Waals surface area contributed by atoms with Gasteiger partial charge in [0.05, 0.1) is 29.7 Å². The van der Waals surface area contributed by atoms with E-state index in [1.54, 1.807) is 33.5 Å². The first-order chi connectivity index (χ1) is 18.6. The fraction of sp³-hybridized carbons (Fsp3) is 0.571. The molecule has 11 heteroatoms. The summed E-state index contributed by atoms with van der Waals surface area (Å²) < 4.78 is 26.3. The molecule has 4 rings (SSSR count). The first kappa shape index (κ1) is 28.4. The van der Waals surface area contributed by atoms with Gasteiger partial charge >= 0.3 is 12.2 Å². The summed E-state index contributed by atoms with van der Waals surface area (Å²) in [6, 6.07) is 6.02. The fourth-order valence-electron chi connectivity index (χ4n) is 5.09. The summed E-state index contributed by atoms with van der Waals surface area (Å²) >= 11 is 0. The summed E-state index contributed by atoms with van der Waals surface area (Å²) in [5, 5.41) is 7.60. The molecule has 0 bridgehead atoms. The molecule has 0 saturated carbocycles. The number of benzene rings is 1. The molecule has 2 aliphatic heterocycles. The molecule has 1 N–H and O–H groups in total. The second kappa shape index (κ2) is 12.0. The molecule has 3 heterocycles. The number of piperidine rings is 2. The molecule has 212 valence electrons. The lowest BCUT2D eigenvalue weighted by molar-refractivity contribution is 0.0203. The molecule has 0 atom stereocenters. The van der Waals surface area contributed by atoms with Gasteiger partial charge in [-0.15, -0.1) is 0 Å². The first-order valence-corrected chi connectivity index (χ1v) is 13.6. The van der Waals surface area contributed by atoms with E-state index in [0.717, 1.165) is 0 Å². The maximum absolute atomic E-state index is 14.1. The van der Waals surface area contributed by atoms with Crippen molar-refractivity contribution in [2.75, 3.05) is 32.8 Å². The van der Waals surface area contributed by atoms with Crippen molar-refractivity contribution < 1.29 is 28.2 Å². The van der Waals surface area contributed by atoms with Crippen molar-refractivity contribution in [2.24, 2.45) is 0 Å². The Morgan fingerprint density at radius 1 is 1.03 bits per heavy atom. The van der Waals surface area contributed by atoms with Crippen LogP contribution in [0.4, 0.5) is 14.0 Å². The first-order valence-electron chi connectivity index (χ1n) is 13.6. The quantitative estimate of drug-likeness (QED) is 0.596. The number of ether oxygens (including phenoxy) is 2. The van der Waals surface area contributed by atoms with Crippen LogP contribution in [0.5, 0.6) is 0 Å². The highest BCUT2D eigenvalue weighted by Gasteiger charge is 2.33. The Balaban J connectivity index is 1.50. The van der Waals surface area contributed by atoms with Crippen molar-refractivity contribution in [1.82, 2.24) is 24.9 Å². The van der Waals surface area contributed by atoms with Gasteiger partial charge < -0.3 is 24.6 Å². The van der Waals surface area contributed by atoms with E-state index in [9.17, 15) is 18.8 Å². The number of hydrogen-bond donors (Lipinski definition) is 1. The SMILES string of the molecule is CCOC(=O)N1CCC(NC(=O)c2cnn(-c3cccc(F)c3)c2C2CCN(C(=O)OC(C)(C)C)CC2)CC1. The second-order valence-electron chi connectivity index (χ2n) is 11.0. The monoisotopic (exact) mass is 543 g/mol. The zero-order valence-electron chi connectivity index (χ0n) is 23.1. The maximum Gasteiger partial charge on any atom is 0.410 e. The smallest absolute Gasteiger partial charge is 0.410 e.